The normalized spacial score (nSPS) is 21.8. The molecular formula is C7H10O5. The second-order valence-corrected chi connectivity index (χ2v) is 2.34. The quantitative estimate of drug-likeness (QED) is 0.437. The van der Waals surface area contributed by atoms with Crippen molar-refractivity contribution >= 4 is 12.4 Å². The fourth-order valence-electron chi connectivity index (χ4n) is 0.924. The first-order chi connectivity index (χ1) is 5.83. The van der Waals surface area contributed by atoms with Gasteiger partial charge in [0, 0.05) is 6.42 Å². The van der Waals surface area contributed by atoms with Gasteiger partial charge in [-0.2, -0.15) is 0 Å². The van der Waals surface area contributed by atoms with Gasteiger partial charge in [0.1, 0.15) is 0 Å². The molecule has 12 heavy (non-hydrogen) atoms. The minimum Gasteiger partial charge on any atom is -0.456 e. The molecule has 0 aromatic rings. The Morgan fingerprint density at radius 1 is 1.67 bits per heavy atom. The van der Waals surface area contributed by atoms with Gasteiger partial charge in [-0.1, -0.05) is 0 Å². The molecule has 1 aliphatic heterocycles. The van der Waals surface area contributed by atoms with Crippen molar-refractivity contribution in [1.29, 1.82) is 0 Å². The molecular weight excluding hydrogens is 164 g/mol. The highest BCUT2D eigenvalue weighted by Crippen LogP contribution is 2.12. The van der Waals surface area contributed by atoms with E-state index in [1.54, 1.807) is 0 Å². The van der Waals surface area contributed by atoms with Crippen LogP contribution in [0, 0.1) is 0 Å². The van der Waals surface area contributed by atoms with Crippen molar-refractivity contribution in [3.05, 3.63) is 0 Å². The highest BCUT2D eigenvalue weighted by Gasteiger charge is 2.19. The summed E-state index contributed by atoms with van der Waals surface area (Å²) in [7, 11) is 0. The maximum Gasteiger partial charge on any atom is 0.346 e. The molecule has 0 radical (unpaired) electrons. The van der Waals surface area contributed by atoms with Gasteiger partial charge in [-0.25, -0.2) is 4.79 Å². The fourth-order valence-corrected chi connectivity index (χ4v) is 0.924. The zero-order valence-corrected chi connectivity index (χ0v) is 6.52. The van der Waals surface area contributed by atoms with E-state index in [-0.39, 0.29) is 13.1 Å². The molecule has 1 unspecified atom stereocenters. The molecule has 1 saturated heterocycles. The predicted octanol–water partition coefficient (Wildman–Crippen LogP) is -0.161. The Morgan fingerprint density at radius 2 is 2.50 bits per heavy atom. The van der Waals surface area contributed by atoms with Crippen LogP contribution >= 0.6 is 0 Å². The highest BCUT2D eigenvalue weighted by atomic mass is 16.7. The van der Waals surface area contributed by atoms with Crippen LogP contribution in [-0.4, -0.2) is 31.9 Å². The largest absolute Gasteiger partial charge is 0.456 e. The van der Waals surface area contributed by atoms with Crippen LogP contribution in [0.2, 0.25) is 0 Å². The first-order valence-electron chi connectivity index (χ1n) is 3.69. The molecule has 1 heterocycles. The molecule has 5 heteroatoms. The van der Waals surface area contributed by atoms with E-state index in [1.807, 2.05) is 0 Å². The fraction of sp³-hybridized carbons (Fsp3) is 0.714. The van der Waals surface area contributed by atoms with E-state index in [9.17, 15) is 9.59 Å². The summed E-state index contributed by atoms with van der Waals surface area (Å²) in [6.45, 7) is 0.479. The zero-order valence-electron chi connectivity index (χ0n) is 6.52. The van der Waals surface area contributed by atoms with Crippen LogP contribution in [0.15, 0.2) is 0 Å². The third kappa shape index (κ3) is 2.87. The predicted molar refractivity (Wildman–Crippen MR) is 37.1 cm³/mol. The van der Waals surface area contributed by atoms with E-state index in [0.29, 0.717) is 13.0 Å². The average Bonchev–Trinajstić information content (AvgIpc) is 2.53. The van der Waals surface area contributed by atoms with Crippen molar-refractivity contribution in [1.82, 2.24) is 0 Å². The third-order valence-electron chi connectivity index (χ3n) is 1.42. The topological polar surface area (TPSA) is 61.8 Å². The minimum atomic E-state index is -0.575. The van der Waals surface area contributed by atoms with Crippen LogP contribution < -0.4 is 0 Å². The Labute approximate surface area is 69.6 Å². The van der Waals surface area contributed by atoms with Gasteiger partial charge in [0.25, 0.3) is 6.47 Å². The van der Waals surface area contributed by atoms with E-state index in [0.717, 1.165) is 6.42 Å². The summed E-state index contributed by atoms with van der Waals surface area (Å²) in [6.07, 6.45) is 1.16. The van der Waals surface area contributed by atoms with Crippen molar-refractivity contribution in [3.8, 4) is 0 Å². The minimum absolute atomic E-state index is 0.205. The van der Waals surface area contributed by atoms with E-state index in [1.165, 1.54) is 0 Å². The molecule has 0 aromatic carbocycles. The average molecular weight is 174 g/mol. The number of rotatable bonds is 4. The van der Waals surface area contributed by atoms with E-state index in [2.05, 4.69) is 4.74 Å². The SMILES string of the molecule is O=COCC(=O)OC1CCCO1. The second-order valence-electron chi connectivity index (χ2n) is 2.34. The Hall–Kier alpha value is -1.10. The van der Waals surface area contributed by atoms with Crippen molar-refractivity contribution in [2.45, 2.75) is 19.1 Å². The molecule has 0 N–H and O–H groups in total. The lowest BCUT2D eigenvalue weighted by Crippen LogP contribution is -2.20. The molecule has 68 valence electrons. The van der Waals surface area contributed by atoms with Crippen LogP contribution in [0.25, 0.3) is 0 Å². The summed E-state index contributed by atoms with van der Waals surface area (Å²) in [6, 6.07) is 0. The van der Waals surface area contributed by atoms with Gasteiger partial charge < -0.3 is 14.2 Å². The Bertz CT molecular complexity index is 161. The number of carbonyl (C=O) groups is 2. The maximum atomic E-state index is 10.8. The molecule has 5 nitrogen and oxygen atoms in total. The van der Waals surface area contributed by atoms with Gasteiger partial charge in [-0.15, -0.1) is 0 Å². The van der Waals surface area contributed by atoms with Crippen LogP contribution in [-0.2, 0) is 23.8 Å². The van der Waals surface area contributed by atoms with Crippen molar-refractivity contribution in [2.75, 3.05) is 13.2 Å². The van der Waals surface area contributed by atoms with Gasteiger partial charge in [0.2, 0.25) is 6.29 Å². The molecule has 0 bridgehead atoms. The molecule has 1 aliphatic rings. The smallest absolute Gasteiger partial charge is 0.346 e. The molecule has 1 fully saturated rings. The van der Waals surface area contributed by atoms with Crippen molar-refractivity contribution in [3.63, 3.8) is 0 Å². The Kier molecular flexibility index (Phi) is 3.53. The van der Waals surface area contributed by atoms with Crippen LogP contribution in [0.3, 0.4) is 0 Å². The third-order valence-corrected chi connectivity index (χ3v) is 1.42. The zero-order chi connectivity index (χ0) is 8.81. The van der Waals surface area contributed by atoms with Gasteiger partial charge in [0.15, 0.2) is 6.61 Å². The molecule has 1 rings (SSSR count). The first-order valence-corrected chi connectivity index (χ1v) is 3.69. The van der Waals surface area contributed by atoms with Crippen LogP contribution in [0.4, 0.5) is 0 Å². The Morgan fingerprint density at radius 3 is 3.08 bits per heavy atom. The van der Waals surface area contributed by atoms with Crippen LogP contribution in [0.5, 0.6) is 0 Å². The number of hydrogen-bond donors (Lipinski definition) is 0. The molecule has 1 atom stereocenters. The number of esters is 1. The lowest BCUT2D eigenvalue weighted by Gasteiger charge is -2.09. The van der Waals surface area contributed by atoms with Gasteiger partial charge in [-0.05, 0) is 6.42 Å². The summed E-state index contributed by atoms with van der Waals surface area (Å²) >= 11 is 0. The Balaban J connectivity index is 2.11. The second kappa shape index (κ2) is 4.71. The highest BCUT2D eigenvalue weighted by molar-refractivity contribution is 5.71. The molecule has 0 aromatic heterocycles. The summed E-state index contributed by atoms with van der Waals surface area (Å²) in [5.41, 5.74) is 0. The monoisotopic (exact) mass is 174 g/mol. The summed E-state index contributed by atoms with van der Waals surface area (Å²) in [5, 5.41) is 0. The van der Waals surface area contributed by atoms with E-state index in [4.69, 9.17) is 9.47 Å². The lowest BCUT2D eigenvalue weighted by atomic mass is 10.4. The summed E-state index contributed by atoms with van der Waals surface area (Å²) in [4.78, 5) is 20.5. The standard InChI is InChI=1S/C7H10O5/c8-5-10-4-6(9)12-7-2-1-3-11-7/h5,7H,1-4H2. The van der Waals surface area contributed by atoms with E-state index >= 15 is 0 Å². The first kappa shape index (κ1) is 8.99. The van der Waals surface area contributed by atoms with E-state index < -0.39 is 12.3 Å². The number of ether oxygens (including phenoxy) is 3. The molecule has 0 amide bonds. The molecule has 0 aliphatic carbocycles. The van der Waals surface area contributed by atoms with Crippen molar-refractivity contribution in [2.24, 2.45) is 0 Å². The van der Waals surface area contributed by atoms with Crippen LogP contribution in [0.1, 0.15) is 12.8 Å². The van der Waals surface area contributed by atoms with Crippen molar-refractivity contribution < 1.29 is 23.8 Å². The molecule has 0 spiro atoms. The summed E-state index contributed by atoms with van der Waals surface area (Å²) < 4.78 is 14.0. The van der Waals surface area contributed by atoms with Gasteiger partial charge >= 0.3 is 5.97 Å². The number of hydrogen-bond acceptors (Lipinski definition) is 5. The van der Waals surface area contributed by atoms with Gasteiger partial charge in [0.05, 0.1) is 6.61 Å². The maximum absolute atomic E-state index is 10.8. The number of carbonyl (C=O) groups excluding carboxylic acids is 2. The van der Waals surface area contributed by atoms with Gasteiger partial charge in [-0.3, -0.25) is 4.79 Å². The molecule has 0 saturated carbocycles. The summed E-state index contributed by atoms with van der Waals surface area (Å²) in [5.74, 6) is -0.575. The lowest BCUT2D eigenvalue weighted by molar-refractivity contribution is -0.175.